The number of hydrogen-bond acceptors (Lipinski definition) is 3. The van der Waals surface area contributed by atoms with Gasteiger partial charge in [-0.05, 0) is 143 Å². The molecule has 4 aromatic carbocycles. The molecule has 3 heteroatoms. The van der Waals surface area contributed by atoms with Gasteiger partial charge in [0, 0.05) is 11.4 Å². The summed E-state index contributed by atoms with van der Waals surface area (Å²) in [5.41, 5.74) is 22.8. The second kappa shape index (κ2) is 17.4. The lowest BCUT2D eigenvalue weighted by Gasteiger charge is -2.25. The van der Waals surface area contributed by atoms with Gasteiger partial charge in [0.25, 0.3) is 0 Å². The van der Waals surface area contributed by atoms with Crippen LogP contribution in [0.15, 0.2) is 103 Å². The number of hydrogen-bond donors (Lipinski definition) is 3. The molecular weight excluding hydrogens is 649 g/mol. The van der Waals surface area contributed by atoms with Crippen LogP contribution in [0.2, 0.25) is 0 Å². The molecule has 2 nitrogen and oxygen atoms in total. The molecule has 0 aliphatic heterocycles. The minimum atomic E-state index is 0.0118. The number of rotatable bonds is 6. The fourth-order valence-electron chi connectivity index (χ4n) is 7.46. The summed E-state index contributed by atoms with van der Waals surface area (Å²) in [6.07, 6.45) is 13.6. The molecule has 1 unspecified atom stereocenters. The smallest absolute Gasteiger partial charge is 0.0727 e. The summed E-state index contributed by atoms with van der Waals surface area (Å²) in [6, 6.07) is 32.1. The summed E-state index contributed by atoms with van der Waals surface area (Å²) in [7, 11) is 0. The first-order valence-corrected chi connectivity index (χ1v) is 20.4. The van der Waals surface area contributed by atoms with Gasteiger partial charge in [0.2, 0.25) is 0 Å². The van der Waals surface area contributed by atoms with Crippen LogP contribution in [0.4, 0.5) is 5.69 Å². The lowest BCUT2D eigenvalue weighted by molar-refractivity contribution is 0.565. The van der Waals surface area contributed by atoms with Crippen LogP contribution in [-0.4, -0.2) is 6.26 Å². The van der Waals surface area contributed by atoms with Crippen molar-refractivity contribution in [3.8, 4) is 11.1 Å². The number of allylic oxidation sites excluding steroid dienone is 2. The van der Waals surface area contributed by atoms with Crippen LogP contribution >= 0.6 is 12.6 Å². The number of thiol groups is 1. The van der Waals surface area contributed by atoms with Crippen LogP contribution in [0.25, 0.3) is 16.8 Å². The summed E-state index contributed by atoms with van der Waals surface area (Å²) in [5, 5.41) is 3.85. The van der Waals surface area contributed by atoms with Crippen molar-refractivity contribution in [3.63, 3.8) is 0 Å². The molecule has 52 heavy (non-hydrogen) atoms. The van der Waals surface area contributed by atoms with E-state index in [1.165, 1.54) is 82.2 Å². The van der Waals surface area contributed by atoms with Gasteiger partial charge in [0.05, 0.1) is 6.04 Å². The predicted molar refractivity (Wildman–Crippen MR) is 234 cm³/mol. The van der Waals surface area contributed by atoms with Crippen LogP contribution < -0.4 is 11.1 Å². The van der Waals surface area contributed by atoms with Crippen molar-refractivity contribution in [2.45, 2.75) is 130 Å². The van der Waals surface area contributed by atoms with Crippen molar-refractivity contribution in [1.82, 2.24) is 0 Å². The fourth-order valence-corrected chi connectivity index (χ4v) is 7.46. The monoisotopic (exact) mass is 714 g/mol. The third-order valence-electron chi connectivity index (χ3n) is 10.8. The van der Waals surface area contributed by atoms with Gasteiger partial charge in [0.1, 0.15) is 0 Å². The summed E-state index contributed by atoms with van der Waals surface area (Å²) in [5.74, 6) is 0. The highest BCUT2D eigenvalue weighted by Gasteiger charge is 2.45. The highest BCUT2D eigenvalue weighted by molar-refractivity contribution is 7.79. The van der Waals surface area contributed by atoms with Crippen LogP contribution in [-0.2, 0) is 22.7 Å². The normalized spacial score (nSPS) is 16.0. The Morgan fingerprint density at radius 1 is 0.731 bits per heavy atom. The van der Waals surface area contributed by atoms with E-state index in [1.54, 1.807) is 6.26 Å². The van der Waals surface area contributed by atoms with E-state index in [2.05, 4.69) is 170 Å². The molecule has 278 valence electrons. The Hall–Kier alpha value is -3.69. The lowest BCUT2D eigenvalue weighted by atomic mass is 9.83. The number of benzene rings is 4. The largest absolute Gasteiger partial charge is 0.398 e. The van der Waals surface area contributed by atoms with Crippen molar-refractivity contribution in [2.75, 3.05) is 11.6 Å². The Kier molecular flexibility index (Phi) is 13.8. The highest BCUT2D eigenvalue weighted by Crippen LogP contribution is 2.56. The maximum Gasteiger partial charge on any atom is 0.0727 e. The van der Waals surface area contributed by atoms with Crippen molar-refractivity contribution >= 4 is 24.0 Å². The molecule has 2 aliphatic rings. The standard InChI is InChI=1S/C46H56N2.C2H6.CH4S/c1-31-12-23-39-34(29-31)11-9-10-26-46(27-28-46)41-30-35(16-24-40(39)41)42(47)25-13-32(2)43(33-14-17-36(18-15-33)44(3,4)5)48-38-21-19-37(20-22-38)45(6,7)8;2*1-2/h12-25,29-30,43,48H,9-11,26-28,47H2,1-8H3;1-2H3;2H,1H3/b32-13+,42-25-;;. The Morgan fingerprint density at radius 2 is 1.31 bits per heavy atom. The van der Waals surface area contributed by atoms with Crippen molar-refractivity contribution in [1.29, 1.82) is 0 Å². The van der Waals surface area contributed by atoms with E-state index in [4.69, 9.17) is 5.73 Å². The zero-order chi connectivity index (χ0) is 38.3. The van der Waals surface area contributed by atoms with E-state index >= 15 is 0 Å². The highest BCUT2D eigenvalue weighted by atomic mass is 32.1. The average molecular weight is 715 g/mol. The number of nitrogens with two attached hydrogens (primary N) is 1. The Bertz CT molecular complexity index is 1820. The SMILES string of the molecule is C/C(=C\C=C(/N)c1ccc2c(c1)C1(CCCCc3cc(C)ccc3-2)CC1)C(Nc1ccc(C(C)(C)C)cc1)c1ccc(C(C)(C)C)cc1.CC.CS. The Labute approximate surface area is 322 Å². The molecule has 0 amide bonds. The first-order valence-electron chi connectivity index (χ1n) is 19.5. The Morgan fingerprint density at radius 3 is 1.88 bits per heavy atom. The van der Waals surface area contributed by atoms with Crippen LogP contribution in [0, 0.1) is 6.92 Å². The van der Waals surface area contributed by atoms with Crippen molar-refractivity contribution in [3.05, 3.63) is 142 Å². The van der Waals surface area contributed by atoms with Gasteiger partial charge in [0.15, 0.2) is 0 Å². The summed E-state index contributed by atoms with van der Waals surface area (Å²) >= 11 is 3.53. The van der Waals surface area contributed by atoms with E-state index in [9.17, 15) is 0 Å². The van der Waals surface area contributed by atoms with Crippen molar-refractivity contribution < 1.29 is 0 Å². The average Bonchev–Trinajstić information content (AvgIpc) is 3.92. The van der Waals surface area contributed by atoms with E-state index in [1.807, 2.05) is 13.8 Å². The lowest BCUT2D eigenvalue weighted by Crippen LogP contribution is -2.15. The molecule has 1 saturated carbocycles. The molecule has 6 rings (SSSR count). The molecule has 2 aliphatic carbocycles. The van der Waals surface area contributed by atoms with E-state index in [0.717, 1.165) is 23.4 Å². The summed E-state index contributed by atoms with van der Waals surface area (Å²) in [4.78, 5) is 0. The van der Waals surface area contributed by atoms with Gasteiger partial charge >= 0.3 is 0 Å². The molecule has 1 fully saturated rings. The van der Waals surface area contributed by atoms with E-state index < -0.39 is 0 Å². The fraction of sp³-hybridized carbons (Fsp3) is 0.429. The van der Waals surface area contributed by atoms with E-state index in [-0.39, 0.29) is 16.9 Å². The molecule has 3 N–H and O–H groups in total. The molecule has 0 saturated heterocycles. The van der Waals surface area contributed by atoms with Crippen molar-refractivity contribution in [2.24, 2.45) is 5.73 Å². The van der Waals surface area contributed by atoms with E-state index in [0.29, 0.717) is 5.41 Å². The van der Waals surface area contributed by atoms with Gasteiger partial charge < -0.3 is 11.1 Å². The Balaban J connectivity index is 0.00000146. The van der Waals surface area contributed by atoms with Gasteiger partial charge in [-0.3, -0.25) is 0 Å². The molecule has 0 radical (unpaired) electrons. The zero-order valence-corrected chi connectivity index (χ0v) is 35.0. The maximum absolute atomic E-state index is 6.91. The third kappa shape index (κ3) is 9.84. The minimum absolute atomic E-state index is 0.0118. The molecule has 0 bridgehead atoms. The molecule has 1 spiro atoms. The molecule has 0 heterocycles. The second-order valence-corrected chi connectivity index (χ2v) is 16.7. The van der Waals surface area contributed by atoms with Gasteiger partial charge in [-0.2, -0.15) is 12.6 Å². The van der Waals surface area contributed by atoms with Crippen LogP contribution in [0.1, 0.15) is 139 Å². The first-order chi connectivity index (χ1) is 24.7. The first kappa shape index (κ1) is 41.1. The quantitative estimate of drug-likeness (QED) is 0.137. The zero-order valence-electron chi connectivity index (χ0n) is 34.1. The molecule has 0 aromatic heterocycles. The summed E-state index contributed by atoms with van der Waals surface area (Å²) < 4.78 is 0. The number of fused-ring (bicyclic) bond motifs is 4. The second-order valence-electron chi connectivity index (χ2n) is 16.7. The van der Waals surface area contributed by atoms with Crippen LogP contribution in [0.3, 0.4) is 0 Å². The topological polar surface area (TPSA) is 38.0 Å². The maximum atomic E-state index is 6.91. The number of nitrogens with one attached hydrogen (secondary N) is 1. The van der Waals surface area contributed by atoms with Gasteiger partial charge in [-0.15, -0.1) is 0 Å². The van der Waals surface area contributed by atoms with Gasteiger partial charge in [-0.25, -0.2) is 0 Å². The molecule has 1 atom stereocenters. The number of anilines is 1. The number of aryl methyl sites for hydroxylation is 2. The minimum Gasteiger partial charge on any atom is -0.398 e. The third-order valence-corrected chi connectivity index (χ3v) is 10.8. The van der Waals surface area contributed by atoms with Crippen LogP contribution in [0.5, 0.6) is 0 Å². The predicted octanol–water partition coefficient (Wildman–Crippen LogP) is 13.7. The van der Waals surface area contributed by atoms with Gasteiger partial charge in [-0.1, -0.05) is 140 Å². The molecule has 4 aromatic rings. The molecular formula is C49H66N2S. The summed E-state index contributed by atoms with van der Waals surface area (Å²) in [6.45, 7) is 22.0.